The largest absolute Gasteiger partial charge is 0.452 e. The van der Waals surface area contributed by atoms with Gasteiger partial charge in [-0.25, -0.2) is 4.79 Å². The SMILES string of the molecule is O=C(COC(=O)/C=C/c1cccc(Br)c1)Nc1cccc(I)c1. The van der Waals surface area contributed by atoms with E-state index in [4.69, 9.17) is 4.74 Å². The topological polar surface area (TPSA) is 55.4 Å². The number of nitrogens with one attached hydrogen (secondary N) is 1. The molecule has 0 radical (unpaired) electrons. The molecule has 6 heteroatoms. The lowest BCUT2D eigenvalue weighted by atomic mass is 10.2. The zero-order chi connectivity index (χ0) is 16.7. The third-order valence-corrected chi connectivity index (χ3v) is 3.88. The quantitative estimate of drug-likeness (QED) is 0.391. The van der Waals surface area contributed by atoms with Gasteiger partial charge in [0.05, 0.1) is 0 Å². The second-order valence-corrected chi connectivity index (χ2v) is 6.72. The molecule has 118 valence electrons. The lowest BCUT2D eigenvalue weighted by Gasteiger charge is -2.05. The van der Waals surface area contributed by atoms with Crippen molar-refractivity contribution in [1.82, 2.24) is 0 Å². The Hall–Kier alpha value is -1.67. The van der Waals surface area contributed by atoms with Crippen molar-refractivity contribution in [3.05, 3.63) is 68.2 Å². The van der Waals surface area contributed by atoms with Crippen LogP contribution in [0.1, 0.15) is 5.56 Å². The fraction of sp³-hybridized carbons (Fsp3) is 0.0588. The maximum atomic E-state index is 11.7. The van der Waals surface area contributed by atoms with E-state index in [1.807, 2.05) is 42.5 Å². The minimum absolute atomic E-state index is 0.326. The zero-order valence-corrected chi connectivity index (χ0v) is 15.7. The minimum atomic E-state index is -0.567. The summed E-state index contributed by atoms with van der Waals surface area (Å²) in [5.41, 5.74) is 1.53. The van der Waals surface area contributed by atoms with E-state index >= 15 is 0 Å². The molecule has 0 bridgehead atoms. The second-order valence-electron chi connectivity index (χ2n) is 4.55. The van der Waals surface area contributed by atoms with Crippen molar-refractivity contribution in [1.29, 1.82) is 0 Å². The number of anilines is 1. The Kier molecular flexibility index (Phi) is 6.79. The van der Waals surface area contributed by atoms with Crippen molar-refractivity contribution in [2.24, 2.45) is 0 Å². The number of hydrogen-bond acceptors (Lipinski definition) is 3. The summed E-state index contributed by atoms with van der Waals surface area (Å²) >= 11 is 5.51. The second kappa shape index (κ2) is 8.83. The Morgan fingerprint density at radius 2 is 1.96 bits per heavy atom. The molecule has 0 aliphatic carbocycles. The molecule has 2 aromatic carbocycles. The maximum Gasteiger partial charge on any atom is 0.331 e. The van der Waals surface area contributed by atoms with Crippen LogP contribution in [0.15, 0.2) is 59.1 Å². The first-order valence-electron chi connectivity index (χ1n) is 6.69. The number of amides is 1. The van der Waals surface area contributed by atoms with Crippen molar-refractivity contribution < 1.29 is 14.3 Å². The summed E-state index contributed by atoms with van der Waals surface area (Å²) in [4.78, 5) is 23.3. The Morgan fingerprint density at radius 1 is 1.17 bits per heavy atom. The number of halogens is 2. The zero-order valence-electron chi connectivity index (χ0n) is 12.0. The number of benzene rings is 2. The van der Waals surface area contributed by atoms with Crippen molar-refractivity contribution in [3.63, 3.8) is 0 Å². The molecule has 23 heavy (non-hydrogen) atoms. The van der Waals surface area contributed by atoms with E-state index in [1.165, 1.54) is 6.08 Å². The first-order valence-corrected chi connectivity index (χ1v) is 8.56. The van der Waals surface area contributed by atoms with E-state index in [1.54, 1.807) is 12.1 Å². The summed E-state index contributed by atoms with van der Waals surface area (Å²) in [5.74, 6) is -0.945. The van der Waals surface area contributed by atoms with Gasteiger partial charge in [0.2, 0.25) is 0 Å². The third kappa shape index (κ3) is 6.54. The average molecular weight is 486 g/mol. The van der Waals surface area contributed by atoms with E-state index in [0.717, 1.165) is 13.6 Å². The smallest absolute Gasteiger partial charge is 0.331 e. The van der Waals surface area contributed by atoms with Crippen LogP contribution < -0.4 is 5.32 Å². The van der Waals surface area contributed by atoms with Gasteiger partial charge < -0.3 is 10.1 Å². The molecule has 0 atom stereocenters. The van der Waals surface area contributed by atoms with E-state index in [2.05, 4.69) is 43.8 Å². The molecule has 0 aliphatic heterocycles. The molecule has 0 saturated heterocycles. The molecule has 2 aromatic rings. The normalized spacial score (nSPS) is 10.5. The molecular formula is C17H13BrINO3. The molecule has 1 N–H and O–H groups in total. The summed E-state index contributed by atoms with van der Waals surface area (Å²) < 4.78 is 6.84. The van der Waals surface area contributed by atoms with Crippen LogP contribution in [0.3, 0.4) is 0 Å². The van der Waals surface area contributed by atoms with Gasteiger partial charge in [-0.05, 0) is 64.6 Å². The Labute approximate surface area is 156 Å². The molecule has 4 nitrogen and oxygen atoms in total. The fourth-order valence-corrected chi connectivity index (χ4v) is 2.68. The first kappa shape index (κ1) is 17.7. The summed E-state index contributed by atoms with van der Waals surface area (Å²) in [6.07, 6.45) is 2.92. The lowest BCUT2D eigenvalue weighted by molar-refractivity contribution is -0.142. The Bertz CT molecular complexity index is 746. The molecule has 0 fully saturated rings. The van der Waals surface area contributed by atoms with Crippen LogP contribution in [0, 0.1) is 3.57 Å². The predicted octanol–water partition coefficient (Wildman–Crippen LogP) is 4.25. The number of esters is 1. The number of carbonyl (C=O) groups is 2. The minimum Gasteiger partial charge on any atom is -0.452 e. The van der Waals surface area contributed by atoms with Crippen molar-refractivity contribution in [3.8, 4) is 0 Å². The van der Waals surface area contributed by atoms with Gasteiger partial charge in [-0.1, -0.05) is 34.1 Å². The van der Waals surface area contributed by atoms with Crippen LogP contribution >= 0.6 is 38.5 Å². The molecule has 0 aromatic heterocycles. The monoisotopic (exact) mass is 485 g/mol. The van der Waals surface area contributed by atoms with Gasteiger partial charge in [-0.2, -0.15) is 0 Å². The van der Waals surface area contributed by atoms with Gasteiger partial charge in [0.25, 0.3) is 5.91 Å². The summed E-state index contributed by atoms with van der Waals surface area (Å²) in [6, 6.07) is 14.8. The lowest BCUT2D eigenvalue weighted by Crippen LogP contribution is -2.20. The predicted molar refractivity (Wildman–Crippen MR) is 102 cm³/mol. The number of ether oxygens (including phenoxy) is 1. The molecule has 0 unspecified atom stereocenters. The van der Waals surface area contributed by atoms with Gasteiger partial charge in [0, 0.05) is 19.8 Å². The summed E-state index contributed by atoms with van der Waals surface area (Å²) in [6.45, 7) is -0.326. The van der Waals surface area contributed by atoms with Crippen LogP contribution in [-0.4, -0.2) is 18.5 Å². The Balaban J connectivity index is 1.81. The molecule has 0 heterocycles. The molecule has 2 rings (SSSR count). The van der Waals surface area contributed by atoms with E-state index < -0.39 is 5.97 Å². The highest BCUT2D eigenvalue weighted by molar-refractivity contribution is 14.1. The average Bonchev–Trinajstić information content (AvgIpc) is 2.51. The van der Waals surface area contributed by atoms with E-state index in [0.29, 0.717) is 5.69 Å². The van der Waals surface area contributed by atoms with Gasteiger partial charge in [-0.15, -0.1) is 0 Å². The summed E-state index contributed by atoms with van der Waals surface area (Å²) in [7, 11) is 0. The van der Waals surface area contributed by atoms with E-state index in [-0.39, 0.29) is 12.5 Å². The molecule has 0 aliphatic rings. The van der Waals surface area contributed by atoms with Gasteiger partial charge in [0.1, 0.15) is 0 Å². The van der Waals surface area contributed by atoms with Gasteiger partial charge in [-0.3, -0.25) is 4.79 Å². The molecule has 0 saturated carbocycles. The molecule has 1 amide bonds. The van der Waals surface area contributed by atoms with Crippen LogP contribution in [0.5, 0.6) is 0 Å². The molecule has 0 spiro atoms. The highest BCUT2D eigenvalue weighted by Crippen LogP contribution is 2.13. The number of carbonyl (C=O) groups excluding carboxylic acids is 2. The summed E-state index contributed by atoms with van der Waals surface area (Å²) in [5, 5.41) is 2.67. The van der Waals surface area contributed by atoms with Crippen LogP contribution in [0.25, 0.3) is 6.08 Å². The van der Waals surface area contributed by atoms with E-state index in [9.17, 15) is 9.59 Å². The van der Waals surface area contributed by atoms with Crippen molar-refractivity contribution in [2.45, 2.75) is 0 Å². The van der Waals surface area contributed by atoms with Crippen LogP contribution in [0.4, 0.5) is 5.69 Å². The van der Waals surface area contributed by atoms with Gasteiger partial charge in [0.15, 0.2) is 6.61 Å². The number of rotatable bonds is 5. The number of hydrogen-bond donors (Lipinski definition) is 1. The standard InChI is InChI=1S/C17H13BrINO3/c18-13-4-1-3-12(9-13)7-8-17(22)23-11-16(21)20-15-6-2-5-14(19)10-15/h1-10H,11H2,(H,20,21)/b8-7+. The van der Waals surface area contributed by atoms with Crippen LogP contribution in [-0.2, 0) is 14.3 Å². The van der Waals surface area contributed by atoms with Gasteiger partial charge >= 0.3 is 5.97 Å². The van der Waals surface area contributed by atoms with Crippen molar-refractivity contribution in [2.75, 3.05) is 11.9 Å². The first-order chi connectivity index (χ1) is 11.0. The fourth-order valence-electron chi connectivity index (χ4n) is 1.72. The Morgan fingerprint density at radius 3 is 2.70 bits per heavy atom. The molecular weight excluding hydrogens is 473 g/mol. The van der Waals surface area contributed by atoms with Crippen LogP contribution in [0.2, 0.25) is 0 Å². The maximum absolute atomic E-state index is 11.7. The highest BCUT2D eigenvalue weighted by Gasteiger charge is 2.05. The van der Waals surface area contributed by atoms with Crippen molar-refractivity contribution >= 4 is 62.2 Å². The highest BCUT2D eigenvalue weighted by atomic mass is 127. The third-order valence-electron chi connectivity index (χ3n) is 2.71.